The number of amides is 4. The molecule has 1 aromatic heterocycles. The molecular formula is C38H41N6Na2O8P. The van der Waals surface area contributed by atoms with Crippen LogP contribution in [-0.2, 0) is 40.2 Å². The van der Waals surface area contributed by atoms with E-state index in [9.17, 15) is 33.5 Å². The number of ketones is 1. The predicted octanol–water partition coefficient (Wildman–Crippen LogP) is -2.79. The molecule has 55 heavy (non-hydrogen) atoms. The van der Waals surface area contributed by atoms with Crippen molar-refractivity contribution in [3.8, 4) is 5.75 Å². The normalized spacial score (nSPS) is 17.3. The number of fused-ring (bicyclic) bond motifs is 2. The summed E-state index contributed by atoms with van der Waals surface area (Å²) in [7, 11) is -5.29. The molecule has 2 aliphatic heterocycles. The van der Waals surface area contributed by atoms with Crippen LogP contribution in [0, 0.1) is 0 Å². The van der Waals surface area contributed by atoms with Crippen LogP contribution >= 0.6 is 7.82 Å². The molecule has 0 spiro atoms. The Morgan fingerprint density at radius 3 is 2.35 bits per heavy atom. The fourth-order valence-electron chi connectivity index (χ4n) is 7.21. The second-order valence-corrected chi connectivity index (χ2v) is 14.2. The molecule has 2 fully saturated rings. The number of urea groups is 1. The Morgan fingerprint density at radius 1 is 1.00 bits per heavy atom. The van der Waals surface area contributed by atoms with E-state index in [0.717, 1.165) is 28.5 Å². The van der Waals surface area contributed by atoms with Gasteiger partial charge < -0.3 is 38.6 Å². The van der Waals surface area contributed by atoms with Gasteiger partial charge in [0.1, 0.15) is 25.8 Å². The van der Waals surface area contributed by atoms with Crippen LogP contribution in [0.3, 0.4) is 0 Å². The summed E-state index contributed by atoms with van der Waals surface area (Å²) in [5.74, 6) is -0.958. The van der Waals surface area contributed by atoms with Crippen LogP contribution in [0.4, 0.5) is 4.79 Å². The molecule has 6 rings (SSSR count). The fraction of sp³-hybridized carbons (Fsp3) is 0.316. The number of Topliss-reactive ketones (excluding diaryl/α,β-unsaturated/α-hetero) is 1. The third kappa shape index (κ3) is 10.2. The Balaban J connectivity index is 0.00000336. The zero-order valence-electron chi connectivity index (χ0n) is 31.6. The molecule has 0 bridgehead atoms. The molecule has 17 heteroatoms. The van der Waals surface area contributed by atoms with Gasteiger partial charge in [-0.15, -0.1) is 6.58 Å². The molecule has 2 saturated heterocycles. The van der Waals surface area contributed by atoms with Gasteiger partial charge in [-0.1, -0.05) is 73.7 Å². The maximum atomic E-state index is 14.6. The van der Waals surface area contributed by atoms with Crippen LogP contribution in [0.2, 0.25) is 0 Å². The average molecular weight is 787 g/mol. The molecule has 3 heterocycles. The van der Waals surface area contributed by atoms with Gasteiger partial charge >= 0.3 is 65.1 Å². The van der Waals surface area contributed by atoms with Crippen molar-refractivity contribution in [1.82, 2.24) is 29.7 Å². The van der Waals surface area contributed by atoms with Crippen LogP contribution in [0.25, 0.3) is 10.9 Å². The van der Waals surface area contributed by atoms with Crippen LogP contribution in [0.1, 0.15) is 47.3 Å². The Kier molecular flexibility index (Phi) is 15.6. The zero-order chi connectivity index (χ0) is 37.9. The van der Waals surface area contributed by atoms with E-state index in [-0.39, 0.29) is 122 Å². The van der Waals surface area contributed by atoms with E-state index in [1.807, 2.05) is 66.2 Å². The van der Waals surface area contributed by atoms with E-state index >= 15 is 0 Å². The van der Waals surface area contributed by atoms with Gasteiger partial charge in [-0.05, 0) is 42.2 Å². The van der Waals surface area contributed by atoms with E-state index < -0.39 is 26.1 Å². The Labute approximate surface area is 364 Å². The van der Waals surface area contributed by atoms with Crippen molar-refractivity contribution in [2.45, 2.75) is 58.5 Å². The summed E-state index contributed by atoms with van der Waals surface area (Å²) in [4.78, 5) is 80.8. The van der Waals surface area contributed by atoms with Crippen molar-refractivity contribution in [2.24, 2.45) is 0 Å². The third-order valence-electron chi connectivity index (χ3n) is 9.42. The number of phosphoric acid groups is 1. The fourth-order valence-corrected chi connectivity index (χ4v) is 7.59. The second kappa shape index (κ2) is 19.3. The number of carbonyl (C=O) groups is 4. The van der Waals surface area contributed by atoms with Crippen molar-refractivity contribution in [3.63, 3.8) is 0 Å². The maximum Gasteiger partial charge on any atom is 1.00 e. The van der Waals surface area contributed by atoms with Crippen molar-refractivity contribution in [2.75, 3.05) is 19.6 Å². The Bertz CT molecular complexity index is 2080. The van der Waals surface area contributed by atoms with E-state index in [1.54, 1.807) is 16.0 Å². The Hall–Kier alpha value is -3.27. The summed E-state index contributed by atoms with van der Waals surface area (Å²) in [6.45, 7) is 8.42. The van der Waals surface area contributed by atoms with Gasteiger partial charge in [0.05, 0.1) is 18.6 Å². The molecule has 4 aromatic rings. The number of aryl methyl sites for hydroxylation is 1. The minimum Gasteiger partial charge on any atom is -0.780 e. The van der Waals surface area contributed by atoms with E-state index in [4.69, 9.17) is 0 Å². The van der Waals surface area contributed by atoms with Crippen LogP contribution in [0.15, 0.2) is 91.6 Å². The molecule has 3 aromatic carbocycles. The van der Waals surface area contributed by atoms with Gasteiger partial charge in [0.25, 0.3) is 0 Å². The SMILES string of the molecule is C=CCN1CC(=O)N2[C@@H](Cc3ccc(OP(=O)([O-])[O-])cc3)C(=O)N(Cc3cccc4c(C(C)=O)cn(CCC)c34)C[C@@H]2N1C(=O)NCc1ccccc1.[Na+].[Na+]. The largest absolute Gasteiger partial charge is 1.00 e. The molecule has 1 N–H and O–H groups in total. The summed E-state index contributed by atoms with van der Waals surface area (Å²) in [6.07, 6.45) is 3.39. The molecule has 0 radical (unpaired) electrons. The monoisotopic (exact) mass is 786 g/mol. The number of benzene rings is 3. The molecule has 278 valence electrons. The molecule has 0 aliphatic carbocycles. The minimum atomic E-state index is -5.29. The maximum absolute atomic E-state index is 14.6. The van der Waals surface area contributed by atoms with Crippen LogP contribution in [-0.4, -0.2) is 79.9 Å². The number of aromatic nitrogens is 1. The van der Waals surface area contributed by atoms with Crippen LogP contribution in [0.5, 0.6) is 5.75 Å². The number of carbonyl (C=O) groups excluding carboxylic acids is 4. The average Bonchev–Trinajstić information content (AvgIpc) is 3.49. The van der Waals surface area contributed by atoms with Gasteiger partial charge in [0.15, 0.2) is 5.78 Å². The summed E-state index contributed by atoms with van der Waals surface area (Å²) in [5.41, 5.74) is 3.66. The number of hydrazine groups is 1. The number of nitrogens with zero attached hydrogens (tertiary/aromatic N) is 5. The predicted molar refractivity (Wildman–Crippen MR) is 193 cm³/mol. The van der Waals surface area contributed by atoms with Gasteiger partial charge in [-0.3, -0.25) is 14.4 Å². The first-order valence-corrected chi connectivity index (χ1v) is 18.8. The summed E-state index contributed by atoms with van der Waals surface area (Å²) in [6, 6.07) is 19.2. The summed E-state index contributed by atoms with van der Waals surface area (Å²) < 4.78 is 17.7. The van der Waals surface area contributed by atoms with Gasteiger partial charge in [0, 0.05) is 49.7 Å². The standard InChI is InChI=1S/C38H43N6O8P.2Na/c1-4-18-40-23-32(26(3)45)31-13-9-12-29(36(31)40)22-41-24-34-43(33(37(41)47)20-27-14-16-30(17-15-27)52-53(49,50)51)35(46)25-42(19-5-2)44(34)38(48)39-21-28-10-7-6-8-11-28;;/h5-17,23,33-34H,2,4,18-22,24-25H2,1,3H3,(H,39,48)(H2,49,50,51);;/q;2*+1/p-2/t33-,34-;;/m0../s1. The van der Waals surface area contributed by atoms with E-state index in [2.05, 4.69) is 16.4 Å². The molecular weight excluding hydrogens is 745 g/mol. The quantitative estimate of drug-likeness (QED) is 0.0652. The van der Waals surface area contributed by atoms with Gasteiger partial charge in [0.2, 0.25) is 11.8 Å². The van der Waals surface area contributed by atoms with E-state index in [0.29, 0.717) is 17.7 Å². The first kappa shape index (κ1) is 44.4. The number of piperazine rings is 1. The van der Waals surface area contributed by atoms with Crippen molar-refractivity contribution in [3.05, 3.63) is 114 Å². The number of hydrogen-bond donors (Lipinski definition) is 1. The molecule has 4 amide bonds. The molecule has 14 nitrogen and oxygen atoms in total. The summed E-state index contributed by atoms with van der Waals surface area (Å²) in [5, 5.41) is 6.86. The number of nitrogens with one attached hydrogen (secondary N) is 1. The molecule has 0 unspecified atom stereocenters. The molecule has 0 saturated carbocycles. The Morgan fingerprint density at radius 2 is 1.71 bits per heavy atom. The van der Waals surface area contributed by atoms with Gasteiger partial charge in [-0.25, -0.2) is 14.8 Å². The number of para-hydroxylation sites is 1. The first-order chi connectivity index (χ1) is 25.4. The topological polar surface area (TPSA) is 171 Å². The molecule has 2 atom stereocenters. The third-order valence-corrected chi connectivity index (χ3v) is 9.86. The second-order valence-electron chi connectivity index (χ2n) is 13.1. The number of phosphoric ester groups is 1. The number of hydrogen-bond acceptors (Lipinski definition) is 9. The van der Waals surface area contributed by atoms with Crippen molar-refractivity contribution < 1.29 is 97.2 Å². The zero-order valence-corrected chi connectivity index (χ0v) is 36.4. The smallest absolute Gasteiger partial charge is 0.780 e. The van der Waals surface area contributed by atoms with Crippen molar-refractivity contribution in [1.29, 1.82) is 0 Å². The van der Waals surface area contributed by atoms with Crippen LogP contribution < -0.4 is 78.7 Å². The minimum absolute atomic E-state index is 0. The van der Waals surface area contributed by atoms with E-state index in [1.165, 1.54) is 41.1 Å². The van der Waals surface area contributed by atoms with Gasteiger partial charge in [-0.2, -0.15) is 0 Å². The summed E-state index contributed by atoms with van der Waals surface area (Å²) >= 11 is 0. The van der Waals surface area contributed by atoms with Crippen molar-refractivity contribution >= 4 is 42.4 Å². The number of rotatable bonds is 13. The molecule has 2 aliphatic rings. The first-order valence-electron chi connectivity index (χ1n) is 17.4.